The van der Waals surface area contributed by atoms with Crippen molar-refractivity contribution in [3.8, 4) is 0 Å². The van der Waals surface area contributed by atoms with Gasteiger partial charge in [0.25, 0.3) is 0 Å². The summed E-state index contributed by atoms with van der Waals surface area (Å²) in [6.45, 7) is 2.00. The molecule has 2 aromatic carbocycles. The molecule has 150 valence electrons. The molecule has 0 atom stereocenters. The number of hydrogen-bond donors (Lipinski definition) is 0. The van der Waals surface area contributed by atoms with Crippen molar-refractivity contribution in [3.63, 3.8) is 0 Å². The highest BCUT2D eigenvalue weighted by atomic mass is 35.5. The minimum absolute atomic E-state index is 0.194. The van der Waals surface area contributed by atoms with Gasteiger partial charge in [-0.05, 0) is 59.5 Å². The van der Waals surface area contributed by atoms with E-state index >= 15 is 0 Å². The van der Waals surface area contributed by atoms with Crippen LogP contribution in [0, 0.1) is 18.6 Å². The Morgan fingerprint density at radius 1 is 0.793 bits per heavy atom. The van der Waals surface area contributed by atoms with Crippen LogP contribution < -0.4 is 0 Å². The van der Waals surface area contributed by atoms with E-state index in [4.69, 9.17) is 42.4 Å². The highest BCUT2D eigenvalue weighted by Gasteiger charge is 2.04. The van der Waals surface area contributed by atoms with E-state index in [1.54, 1.807) is 34.8 Å². The molecule has 0 amide bonds. The standard InChI is InChI=1S/C9H6ClFS.C8H4ClFS.2CO2/c1-5-2-6-3-8(11)7(10)4-9(6)12-5;9-6-4-8-5(1-2-11-8)3-7(6)10;2*2-1-3/h2-4H,1H3;1-4H;;. The molecule has 2 heterocycles. The van der Waals surface area contributed by atoms with Crippen LogP contribution in [-0.2, 0) is 19.2 Å². The van der Waals surface area contributed by atoms with E-state index < -0.39 is 0 Å². The third-order valence-electron chi connectivity index (χ3n) is 3.18. The molecule has 0 saturated heterocycles. The van der Waals surface area contributed by atoms with Crippen LogP contribution in [0.1, 0.15) is 4.88 Å². The third kappa shape index (κ3) is 7.48. The Morgan fingerprint density at radius 3 is 1.83 bits per heavy atom. The fraction of sp³-hybridized carbons (Fsp3) is 0.0526. The molecule has 0 aliphatic carbocycles. The number of carbonyl (C=O) groups excluding carboxylic acids is 4. The fourth-order valence-electron chi connectivity index (χ4n) is 2.12. The molecular weight excluding hydrogens is 465 g/mol. The Hall–Kier alpha value is -2.44. The Kier molecular flexibility index (Phi) is 10.3. The lowest BCUT2D eigenvalue weighted by Crippen LogP contribution is -1.73. The predicted molar refractivity (Wildman–Crippen MR) is 108 cm³/mol. The van der Waals surface area contributed by atoms with Gasteiger partial charge in [-0.25, -0.2) is 8.78 Å². The van der Waals surface area contributed by atoms with Crippen molar-refractivity contribution < 1.29 is 28.0 Å². The number of hydrogen-bond acceptors (Lipinski definition) is 6. The highest BCUT2D eigenvalue weighted by molar-refractivity contribution is 7.19. The maximum absolute atomic E-state index is 12.9. The van der Waals surface area contributed by atoms with E-state index in [0.717, 1.165) is 20.2 Å². The average molecular weight is 475 g/mol. The van der Waals surface area contributed by atoms with Crippen molar-refractivity contribution in [2.24, 2.45) is 0 Å². The Balaban J connectivity index is 0.000000230. The summed E-state index contributed by atoms with van der Waals surface area (Å²) in [5, 5.41) is 4.15. The minimum atomic E-state index is -0.349. The van der Waals surface area contributed by atoms with Gasteiger partial charge in [-0.2, -0.15) is 19.2 Å². The molecule has 4 aromatic rings. The molecule has 0 spiro atoms. The van der Waals surface area contributed by atoms with Crippen molar-refractivity contribution in [2.75, 3.05) is 0 Å². The van der Waals surface area contributed by atoms with Gasteiger partial charge in [-0.3, -0.25) is 0 Å². The summed E-state index contributed by atoms with van der Waals surface area (Å²) in [5.74, 6) is -0.695. The second kappa shape index (κ2) is 12.2. The monoisotopic (exact) mass is 474 g/mol. The number of rotatable bonds is 0. The average Bonchev–Trinajstić information content (AvgIpc) is 3.23. The predicted octanol–water partition coefficient (Wildman–Crippen LogP) is 6.53. The van der Waals surface area contributed by atoms with Gasteiger partial charge in [0.2, 0.25) is 0 Å². The van der Waals surface area contributed by atoms with Gasteiger partial charge >= 0.3 is 12.3 Å². The van der Waals surface area contributed by atoms with E-state index in [0.29, 0.717) is 0 Å². The molecule has 0 saturated carbocycles. The lowest BCUT2D eigenvalue weighted by molar-refractivity contribution is -0.193. The quantitative estimate of drug-likeness (QED) is 0.290. The van der Waals surface area contributed by atoms with Gasteiger partial charge in [0, 0.05) is 14.3 Å². The van der Waals surface area contributed by atoms with Crippen LogP contribution in [0.3, 0.4) is 0 Å². The van der Waals surface area contributed by atoms with Gasteiger partial charge in [0.05, 0.1) is 10.0 Å². The minimum Gasteiger partial charge on any atom is -0.205 e. The zero-order valence-electron chi connectivity index (χ0n) is 14.5. The maximum atomic E-state index is 12.9. The first-order valence-corrected chi connectivity index (χ1v) is 9.88. The number of halogens is 4. The molecule has 0 N–H and O–H groups in total. The van der Waals surface area contributed by atoms with Crippen LogP contribution in [0.4, 0.5) is 8.78 Å². The Morgan fingerprint density at radius 2 is 1.28 bits per heavy atom. The van der Waals surface area contributed by atoms with Crippen molar-refractivity contribution in [3.05, 3.63) is 68.3 Å². The van der Waals surface area contributed by atoms with Crippen LogP contribution in [0.15, 0.2) is 41.8 Å². The third-order valence-corrected chi connectivity index (χ3v) is 5.65. The number of aryl methyl sites for hydroxylation is 1. The molecule has 29 heavy (non-hydrogen) atoms. The van der Waals surface area contributed by atoms with Gasteiger partial charge < -0.3 is 0 Å². The molecule has 0 fully saturated rings. The van der Waals surface area contributed by atoms with Gasteiger partial charge in [-0.1, -0.05) is 23.2 Å². The van der Waals surface area contributed by atoms with E-state index in [2.05, 4.69) is 0 Å². The molecule has 0 unspecified atom stereocenters. The molecule has 0 radical (unpaired) electrons. The summed E-state index contributed by atoms with van der Waals surface area (Å²) < 4.78 is 27.8. The van der Waals surface area contributed by atoms with Crippen molar-refractivity contribution in [1.82, 2.24) is 0 Å². The van der Waals surface area contributed by atoms with E-state index in [1.165, 1.54) is 17.0 Å². The first-order chi connectivity index (χ1) is 13.8. The SMILES string of the molecule is Cc1cc2cc(F)c(Cl)cc2s1.Fc1cc2ccsc2cc1Cl.O=C=O.O=C=O. The fourth-order valence-corrected chi connectivity index (χ4v) is 4.34. The van der Waals surface area contributed by atoms with Crippen molar-refractivity contribution in [2.45, 2.75) is 6.92 Å². The second-order valence-corrected chi connectivity index (χ2v) is 8.10. The van der Waals surface area contributed by atoms with Crippen LogP contribution in [0.2, 0.25) is 10.0 Å². The Labute approximate surface area is 181 Å². The summed E-state index contributed by atoms with van der Waals surface area (Å²) in [6.07, 6.45) is 0.500. The normalized spacial score (nSPS) is 9.14. The topological polar surface area (TPSA) is 68.3 Å². The molecule has 0 aliphatic rings. The first kappa shape index (κ1) is 24.6. The number of thiophene rings is 2. The second-order valence-electron chi connectivity index (χ2n) is 5.05. The number of fused-ring (bicyclic) bond motifs is 2. The van der Waals surface area contributed by atoms with Crippen molar-refractivity contribution in [1.29, 1.82) is 0 Å². The summed E-state index contributed by atoms with van der Waals surface area (Å²) in [4.78, 5) is 33.7. The first-order valence-electron chi connectivity index (χ1n) is 7.43. The van der Waals surface area contributed by atoms with E-state index in [-0.39, 0.29) is 34.0 Å². The zero-order chi connectivity index (χ0) is 22.0. The number of benzene rings is 2. The van der Waals surface area contributed by atoms with E-state index in [1.807, 2.05) is 24.4 Å². The molecule has 0 bridgehead atoms. The van der Waals surface area contributed by atoms with Gasteiger partial charge in [0.15, 0.2) is 0 Å². The van der Waals surface area contributed by atoms with Crippen LogP contribution >= 0.6 is 45.9 Å². The zero-order valence-corrected chi connectivity index (χ0v) is 17.6. The summed E-state index contributed by atoms with van der Waals surface area (Å²) in [5.41, 5.74) is 0. The smallest absolute Gasteiger partial charge is 0.205 e. The summed E-state index contributed by atoms with van der Waals surface area (Å²) >= 11 is 14.4. The van der Waals surface area contributed by atoms with Gasteiger partial charge in [0.1, 0.15) is 11.6 Å². The summed E-state index contributed by atoms with van der Waals surface area (Å²) in [6, 6.07) is 10.1. The molecule has 0 aliphatic heterocycles. The van der Waals surface area contributed by atoms with Gasteiger partial charge in [-0.15, -0.1) is 22.7 Å². The molecule has 2 aromatic heterocycles. The van der Waals surface area contributed by atoms with Crippen LogP contribution in [0.5, 0.6) is 0 Å². The highest BCUT2D eigenvalue weighted by Crippen LogP contribution is 2.29. The molecule has 4 rings (SSSR count). The largest absolute Gasteiger partial charge is 0.373 e. The van der Waals surface area contributed by atoms with Crippen LogP contribution in [0.25, 0.3) is 20.2 Å². The van der Waals surface area contributed by atoms with Crippen LogP contribution in [-0.4, -0.2) is 12.3 Å². The van der Waals surface area contributed by atoms with E-state index in [9.17, 15) is 8.78 Å². The lowest BCUT2D eigenvalue weighted by Gasteiger charge is -1.92. The Bertz CT molecular complexity index is 1090. The van der Waals surface area contributed by atoms with Crippen molar-refractivity contribution >= 4 is 78.4 Å². The molecule has 4 nitrogen and oxygen atoms in total. The summed E-state index contributed by atoms with van der Waals surface area (Å²) in [7, 11) is 0. The maximum Gasteiger partial charge on any atom is 0.373 e. The molecular formula is C19H10Cl2F2O4S2. The lowest BCUT2D eigenvalue weighted by atomic mass is 10.2. The molecule has 10 heteroatoms.